The van der Waals surface area contributed by atoms with Crippen LogP contribution in [-0.4, -0.2) is 9.97 Å². The molecule has 3 aromatic rings. The zero-order chi connectivity index (χ0) is 12.4. The highest BCUT2D eigenvalue weighted by Gasteiger charge is 2.07. The van der Waals surface area contributed by atoms with Gasteiger partial charge in [-0.25, -0.2) is 9.37 Å². The summed E-state index contributed by atoms with van der Waals surface area (Å²) in [7, 11) is 0. The maximum atomic E-state index is 13.4. The monoisotopic (exact) mass is 242 g/mol. The van der Waals surface area contributed by atoms with Crippen LogP contribution in [-0.2, 0) is 12.8 Å². The summed E-state index contributed by atoms with van der Waals surface area (Å²) in [6, 6.07) is 10.4. The first kappa shape index (κ1) is 10.9. The molecule has 3 rings (SSSR count). The molecule has 0 saturated heterocycles. The van der Waals surface area contributed by atoms with Crippen LogP contribution in [0.25, 0.3) is 11.2 Å². The quantitative estimate of drug-likeness (QED) is 0.708. The highest BCUT2D eigenvalue weighted by atomic mass is 19.1. The van der Waals surface area contributed by atoms with Crippen molar-refractivity contribution < 1.29 is 8.81 Å². The molecule has 3 nitrogen and oxygen atoms in total. The lowest BCUT2D eigenvalue weighted by Gasteiger charge is -1.99. The summed E-state index contributed by atoms with van der Waals surface area (Å²) in [6.07, 6.45) is 2.81. The molecule has 4 heteroatoms. The van der Waals surface area contributed by atoms with Gasteiger partial charge < -0.3 is 4.42 Å². The van der Waals surface area contributed by atoms with Gasteiger partial charge in [-0.05, 0) is 30.2 Å². The first-order valence-corrected chi connectivity index (χ1v) is 5.77. The third-order valence-corrected chi connectivity index (χ3v) is 2.78. The van der Waals surface area contributed by atoms with Crippen molar-refractivity contribution in [2.45, 2.75) is 12.8 Å². The van der Waals surface area contributed by atoms with Gasteiger partial charge in [0.05, 0.1) is 0 Å². The van der Waals surface area contributed by atoms with Crippen molar-refractivity contribution in [3.05, 3.63) is 59.9 Å². The fourth-order valence-electron chi connectivity index (χ4n) is 1.86. The Kier molecular flexibility index (Phi) is 2.76. The van der Waals surface area contributed by atoms with E-state index in [2.05, 4.69) is 9.97 Å². The van der Waals surface area contributed by atoms with E-state index in [4.69, 9.17) is 4.42 Å². The first-order valence-electron chi connectivity index (χ1n) is 5.77. The van der Waals surface area contributed by atoms with Crippen LogP contribution in [0.4, 0.5) is 4.39 Å². The zero-order valence-corrected chi connectivity index (χ0v) is 9.64. The molecule has 0 bridgehead atoms. The summed E-state index contributed by atoms with van der Waals surface area (Å²) in [5, 5.41) is 0. The number of halogens is 1. The minimum Gasteiger partial charge on any atom is -0.439 e. The fourth-order valence-corrected chi connectivity index (χ4v) is 1.86. The van der Waals surface area contributed by atoms with Gasteiger partial charge in [-0.2, -0.15) is 4.98 Å². The molecule has 18 heavy (non-hydrogen) atoms. The molecule has 0 atom stereocenters. The number of hydrogen-bond acceptors (Lipinski definition) is 3. The molecule has 0 aliphatic carbocycles. The molecule has 2 aromatic heterocycles. The summed E-state index contributed by atoms with van der Waals surface area (Å²) in [6.45, 7) is 0. The molecular weight excluding hydrogens is 231 g/mol. The van der Waals surface area contributed by atoms with Gasteiger partial charge in [-0.1, -0.05) is 18.2 Å². The van der Waals surface area contributed by atoms with Crippen molar-refractivity contribution in [2.24, 2.45) is 0 Å². The molecule has 0 amide bonds. The molecule has 0 N–H and O–H groups in total. The number of aromatic nitrogens is 2. The van der Waals surface area contributed by atoms with Crippen molar-refractivity contribution in [1.29, 1.82) is 0 Å². The molecule has 1 aromatic carbocycles. The number of hydrogen-bond donors (Lipinski definition) is 0. The van der Waals surface area contributed by atoms with E-state index in [1.54, 1.807) is 24.4 Å². The van der Waals surface area contributed by atoms with Gasteiger partial charge in [0.1, 0.15) is 5.82 Å². The highest BCUT2D eigenvalue weighted by molar-refractivity contribution is 5.66. The SMILES string of the molecule is Fc1ccccc1CCc1nc2ncccc2o1. The van der Waals surface area contributed by atoms with Gasteiger partial charge in [0.25, 0.3) is 0 Å². The molecule has 0 fully saturated rings. The molecule has 0 unspecified atom stereocenters. The van der Waals surface area contributed by atoms with E-state index in [1.807, 2.05) is 12.1 Å². The molecule has 0 radical (unpaired) electrons. The largest absolute Gasteiger partial charge is 0.439 e. The van der Waals surface area contributed by atoms with Gasteiger partial charge in [0.2, 0.25) is 0 Å². The number of fused-ring (bicyclic) bond motifs is 1. The molecule has 0 aliphatic rings. The average Bonchev–Trinajstić information content (AvgIpc) is 2.80. The molecule has 90 valence electrons. The molecule has 2 heterocycles. The summed E-state index contributed by atoms with van der Waals surface area (Å²) >= 11 is 0. The lowest BCUT2D eigenvalue weighted by atomic mass is 10.1. The zero-order valence-electron chi connectivity index (χ0n) is 9.64. The van der Waals surface area contributed by atoms with Crippen LogP contribution < -0.4 is 0 Å². The van der Waals surface area contributed by atoms with E-state index in [-0.39, 0.29) is 5.82 Å². The summed E-state index contributed by atoms with van der Waals surface area (Å²) < 4.78 is 19.0. The van der Waals surface area contributed by atoms with Gasteiger partial charge in [-0.15, -0.1) is 0 Å². The van der Waals surface area contributed by atoms with Crippen LogP contribution in [0.5, 0.6) is 0 Å². The maximum absolute atomic E-state index is 13.4. The Bertz CT molecular complexity index is 645. The molecule has 0 spiro atoms. The number of pyridine rings is 1. The van der Waals surface area contributed by atoms with E-state index >= 15 is 0 Å². The van der Waals surface area contributed by atoms with E-state index < -0.39 is 0 Å². The minimum atomic E-state index is -0.188. The molecular formula is C14H11FN2O. The number of oxazole rings is 1. The Morgan fingerprint density at radius 1 is 1.06 bits per heavy atom. The van der Waals surface area contributed by atoms with Crippen molar-refractivity contribution in [2.75, 3.05) is 0 Å². The van der Waals surface area contributed by atoms with Crippen LogP contribution >= 0.6 is 0 Å². The predicted octanol–water partition coefficient (Wildman–Crippen LogP) is 3.15. The lowest BCUT2D eigenvalue weighted by molar-refractivity contribution is 0.523. The van der Waals surface area contributed by atoms with E-state index in [1.165, 1.54) is 6.07 Å². The minimum absolute atomic E-state index is 0.188. The lowest BCUT2D eigenvalue weighted by Crippen LogP contribution is -1.94. The Hall–Kier alpha value is -2.23. The second kappa shape index (κ2) is 4.56. The van der Waals surface area contributed by atoms with Crippen molar-refractivity contribution in [3.8, 4) is 0 Å². The van der Waals surface area contributed by atoms with Gasteiger partial charge in [-0.3, -0.25) is 0 Å². The number of benzene rings is 1. The number of rotatable bonds is 3. The Balaban J connectivity index is 1.79. The maximum Gasteiger partial charge on any atom is 0.198 e. The Morgan fingerprint density at radius 2 is 1.94 bits per heavy atom. The Morgan fingerprint density at radius 3 is 2.78 bits per heavy atom. The van der Waals surface area contributed by atoms with Gasteiger partial charge in [0.15, 0.2) is 17.1 Å². The van der Waals surface area contributed by atoms with E-state index in [0.29, 0.717) is 35.5 Å². The highest BCUT2D eigenvalue weighted by Crippen LogP contribution is 2.15. The Labute approximate surface area is 103 Å². The van der Waals surface area contributed by atoms with Crippen molar-refractivity contribution >= 4 is 11.2 Å². The van der Waals surface area contributed by atoms with Crippen LogP contribution in [0.15, 0.2) is 47.0 Å². The predicted molar refractivity (Wildman–Crippen MR) is 65.6 cm³/mol. The topological polar surface area (TPSA) is 38.9 Å². The first-order chi connectivity index (χ1) is 8.83. The standard InChI is InChI=1S/C14H11FN2O/c15-11-5-2-1-4-10(11)7-8-13-17-14-12(18-13)6-3-9-16-14/h1-6,9H,7-8H2. The normalized spacial score (nSPS) is 10.9. The van der Waals surface area contributed by atoms with Gasteiger partial charge >= 0.3 is 0 Å². The number of aryl methyl sites for hydroxylation is 2. The van der Waals surface area contributed by atoms with Crippen molar-refractivity contribution in [1.82, 2.24) is 9.97 Å². The van der Waals surface area contributed by atoms with Crippen LogP contribution in [0, 0.1) is 5.82 Å². The van der Waals surface area contributed by atoms with Crippen molar-refractivity contribution in [3.63, 3.8) is 0 Å². The van der Waals surface area contributed by atoms with Crippen LogP contribution in [0.2, 0.25) is 0 Å². The second-order valence-corrected chi connectivity index (χ2v) is 4.02. The third-order valence-electron chi connectivity index (χ3n) is 2.78. The fraction of sp³-hybridized carbons (Fsp3) is 0.143. The molecule has 0 aliphatic heterocycles. The summed E-state index contributed by atoms with van der Waals surface area (Å²) in [4.78, 5) is 8.35. The third kappa shape index (κ3) is 2.09. The summed E-state index contributed by atoms with van der Waals surface area (Å²) in [5.74, 6) is 0.402. The smallest absolute Gasteiger partial charge is 0.198 e. The summed E-state index contributed by atoms with van der Waals surface area (Å²) in [5.41, 5.74) is 1.94. The molecule has 0 saturated carbocycles. The average molecular weight is 242 g/mol. The second-order valence-electron chi connectivity index (χ2n) is 4.02. The number of nitrogens with zero attached hydrogens (tertiary/aromatic N) is 2. The van der Waals surface area contributed by atoms with E-state index in [9.17, 15) is 4.39 Å². The van der Waals surface area contributed by atoms with Crippen LogP contribution in [0.3, 0.4) is 0 Å². The van der Waals surface area contributed by atoms with Gasteiger partial charge in [0, 0.05) is 12.6 Å². The van der Waals surface area contributed by atoms with Crippen LogP contribution in [0.1, 0.15) is 11.5 Å². The van der Waals surface area contributed by atoms with E-state index in [0.717, 1.165) is 0 Å².